The highest BCUT2D eigenvalue weighted by molar-refractivity contribution is 8.30. The number of hydrogen-bond donors (Lipinski definition) is 4. The Balaban J connectivity index is 2.43. The molecule has 0 bridgehead atoms. The lowest BCUT2D eigenvalue weighted by Crippen LogP contribution is -2.09. The Morgan fingerprint density at radius 3 is 2.21 bits per heavy atom. The molecule has 3 rings (SSSR count). The molecular weight excluding hydrogens is 514 g/mol. The van der Waals surface area contributed by atoms with Crippen molar-refractivity contribution in [3.63, 3.8) is 0 Å². The summed E-state index contributed by atoms with van der Waals surface area (Å²) in [4.78, 5) is 11.1. The van der Waals surface area contributed by atoms with Gasteiger partial charge >= 0.3 is 0 Å². The summed E-state index contributed by atoms with van der Waals surface area (Å²) < 4.78 is 32.9. The van der Waals surface area contributed by atoms with E-state index in [0.29, 0.717) is 5.69 Å². The van der Waals surface area contributed by atoms with Gasteiger partial charge in [-0.1, -0.05) is 18.2 Å². The first-order valence-corrected chi connectivity index (χ1v) is 13.6. The summed E-state index contributed by atoms with van der Waals surface area (Å²) in [6.07, 6.45) is 0. The Morgan fingerprint density at radius 1 is 1.00 bits per heavy atom. The molecule has 3 aromatic carbocycles. The van der Waals surface area contributed by atoms with Crippen LogP contribution in [0.2, 0.25) is 0 Å². The zero-order valence-corrected chi connectivity index (χ0v) is 19.8. The maximum Gasteiger partial charge on any atom is 0.221 e. The van der Waals surface area contributed by atoms with E-state index in [9.17, 15) is 18.3 Å². The number of nitrogens with zero attached hydrogens (tertiary/aromatic N) is 2. The highest BCUT2D eigenvalue weighted by Gasteiger charge is 2.25. The molecule has 0 saturated carbocycles. The Labute approximate surface area is 197 Å². The third-order valence-corrected chi connectivity index (χ3v) is 7.75. The third-order valence-electron chi connectivity index (χ3n) is 4.21. The normalized spacial score (nSPS) is 15.2. The van der Waals surface area contributed by atoms with E-state index >= 15 is 0 Å². The van der Waals surface area contributed by atoms with Crippen molar-refractivity contribution in [1.29, 1.82) is 0 Å². The number of anilines is 1. The summed E-state index contributed by atoms with van der Waals surface area (Å²) in [5, 5.41) is 39.4. The summed E-state index contributed by atoms with van der Waals surface area (Å²) >= 11 is 9.55. The molecular formula is C18H15N3O8S4. The van der Waals surface area contributed by atoms with Crippen molar-refractivity contribution in [3.8, 4) is 5.75 Å². The molecule has 2 unspecified atom stereocenters. The molecule has 0 saturated heterocycles. The summed E-state index contributed by atoms with van der Waals surface area (Å²) in [5.41, 5.74) is -0.102. The number of amides is 1. The number of carbonyl (C=O) groups is 1. The smallest absolute Gasteiger partial charge is 0.221 e. The molecule has 0 aliphatic carbocycles. The Morgan fingerprint density at radius 2 is 1.64 bits per heavy atom. The standard InChI is InChI=1S/C18H15N3O8S4/c1-10(22)19-14-9-13(32(26,30)28-24)7-11-8-15(33(27,31)29-25)17(18(23)16(11)14)21-20-12-5-3-2-4-6-12/h2-9,23-25H,1H3,(H,19,22). The van der Waals surface area contributed by atoms with E-state index in [0.717, 1.165) is 18.2 Å². The summed E-state index contributed by atoms with van der Waals surface area (Å²) in [6.45, 7) is 1.18. The average molecular weight is 530 g/mol. The van der Waals surface area contributed by atoms with E-state index in [1.165, 1.54) is 6.92 Å². The summed E-state index contributed by atoms with van der Waals surface area (Å²) in [6, 6.07) is 11.7. The Bertz CT molecular complexity index is 1470. The van der Waals surface area contributed by atoms with E-state index < -0.39 is 39.8 Å². The predicted molar refractivity (Wildman–Crippen MR) is 126 cm³/mol. The second kappa shape index (κ2) is 9.70. The van der Waals surface area contributed by atoms with Gasteiger partial charge in [0.15, 0.2) is 5.75 Å². The van der Waals surface area contributed by atoms with Crippen molar-refractivity contribution in [2.75, 3.05) is 5.32 Å². The molecule has 0 aliphatic rings. The monoisotopic (exact) mass is 529 g/mol. The zero-order chi connectivity index (χ0) is 24.4. The minimum absolute atomic E-state index is 0.00617. The summed E-state index contributed by atoms with van der Waals surface area (Å²) in [7, 11) is -7.86. The molecule has 2 atom stereocenters. The van der Waals surface area contributed by atoms with Crippen molar-refractivity contribution in [3.05, 3.63) is 48.5 Å². The van der Waals surface area contributed by atoms with Gasteiger partial charge in [0.2, 0.25) is 23.5 Å². The van der Waals surface area contributed by atoms with Gasteiger partial charge in [-0.25, -0.2) is 18.9 Å². The van der Waals surface area contributed by atoms with Crippen LogP contribution in [0.4, 0.5) is 17.1 Å². The van der Waals surface area contributed by atoms with Crippen LogP contribution in [0.25, 0.3) is 10.8 Å². The van der Waals surface area contributed by atoms with Crippen molar-refractivity contribution in [2.24, 2.45) is 10.2 Å². The molecule has 0 aliphatic heterocycles. The quantitative estimate of drug-likeness (QED) is 0.200. The molecule has 0 spiro atoms. The van der Waals surface area contributed by atoms with Gasteiger partial charge in [-0.3, -0.25) is 4.79 Å². The molecule has 11 nitrogen and oxygen atoms in total. The molecule has 4 N–H and O–H groups in total. The molecule has 0 aromatic heterocycles. The first-order chi connectivity index (χ1) is 15.5. The fraction of sp³-hybridized carbons (Fsp3) is 0.0556. The van der Waals surface area contributed by atoms with Crippen molar-refractivity contribution in [1.82, 2.24) is 0 Å². The number of aromatic hydroxyl groups is 1. The van der Waals surface area contributed by atoms with Gasteiger partial charge < -0.3 is 10.4 Å². The van der Waals surface area contributed by atoms with Crippen LogP contribution in [-0.2, 0) is 53.4 Å². The topological polar surface area (TPSA) is 167 Å². The lowest BCUT2D eigenvalue weighted by molar-refractivity contribution is -0.124. The lowest BCUT2D eigenvalue weighted by Gasteiger charge is -2.16. The number of benzene rings is 3. The minimum Gasteiger partial charge on any atom is -0.505 e. The van der Waals surface area contributed by atoms with Gasteiger partial charge in [-0.15, -0.1) is 13.8 Å². The first-order valence-electron chi connectivity index (χ1n) is 8.74. The number of nitrogens with one attached hydrogen (secondary N) is 1. The Kier molecular flexibility index (Phi) is 7.35. The number of azo groups is 1. The van der Waals surface area contributed by atoms with Gasteiger partial charge in [0.05, 0.1) is 16.3 Å². The first kappa shape index (κ1) is 25.0. The maximum absolute atomic E-state index is 12.7. The average Bonchev–Trinajstić information content (AvgIpc) is 2.78. The van der Waals surface area contributed by atoms with Gasteiger partial charge in [-0.2, -0.15) is 5.11 Å². The largest absolute Gasteiger partial charge is 0.505 e. The number of phenolic OH excluding ortho intramolecular Hbond substituents is 1. The predicted octanol–water partition coefficient (Wildman–Crippen LogP) is 3.94. The van der Waals surface area contributed by atoms with Crippen molar-refractivity contribution >= 4 is 73.7 Å². The lowest BCUT2D eigenvalue weighted by atomic mass is 10.1. The fourth-order valence-corrected chi connectivity index (χ4v) is 4.88. The molecule has 1 amide bonds. The molecule has 33 heavy (non-hydrogen) atoms. The SMILES string of the molecule is CC(=O)Nc1cc(S(=O)(=S)OO)cc2cc(S(=O)(=S)OO)c(N=Nc3ccccc3)c(O)c12. The van der Waals surface area contributed by atoms with E-state index in [-0.39, 0.29) is 21.4 Å². The second-order valence-corrected chi connectivity index (χ2v) is 12.1. The molecule has 0 radical (unpaired) electrons. The van der Waals surface area contributed by atoms with Gasteiger partial charge in [0.25, 0.3) is 0 Å². The minimum atomic E-state index is -4.03. The van der Waals surface area contributed by atoms with Crippen LogP contribution in [0.15, 0.2) is 68.6 Å². The van der Waals surface area contributed by atoms with Gasteiger partial charge in [0, 0.05) is 34.7 Å². The van der Waals surface area contributed by atoms with Crippen molar-refractivity contribution in [2.45, 2.75) is 16.7 Å². The number of rotatable bonds is 7. The number of carbonyl (C=O) groups excluding carboxylic acids is 1. The summed E-state index contributed by atoms with van der Waals surface area (Å²) in [5.74, 6) is -1.19. The van der Waals surface area contributed by atoms with Crippen LogP contribution in [0.3, 0.4) is 0 Å². The highest BCUT2D eigenvalue weighted by atomic mass is 32.8. The molecule has 174 valence electrons. The number of phenols is 1. The van der Waals surface area contributed by atoms with Crippen LogP contribution in [0.5, 0.6) is 5.75 Å². The second-order valence-electron chi connectivity index (χ2n) is 6.41. The molecule has 0 fully saturated rings. The number of fused-ring (bicyclic) bond motifs is 1. The van der Waals surface area contributed by atoms with Crippen LogP contribution >= 0.6 is 0 Å². The van der Waals surface area contributed by atoms with Crippen molar-refractivity contribution < 1.29 is 37.5 Å². The van der Waals surface area contributed by atoms with E-state index in [1.54, 1.807) is 30.3 Å². The van der Waals surface area contributed by atoms with Crippen LogP contribution in [0, 0.1) is 0 Å². The number of hydrogen-bond acceptors (Lipinski definition) is 12. The zero-order valence-electron chi connectivity index (χ0n) is 16.5. The highest BCUT2D eigenvalue weighted by Crippen LogP contribution is 2.45. The fourth-order valence-electron chi connectivity index (χ4n) is 2.87. The van der Waals surface area contributed by atoms with E-state index in [2.05, 4.69) is 24.2 Å². The molecule has 3 aromatic rings. The maximum atomic E-state index is 12.7. The van der Waals surface area contributed by atoms with Gasteiger partial charge in [0.1, 0.15) is 10.6 Å². The van der Waals surface area contributed by atoms with Crippen LogP contribution < -0.4 is 5.32 Å². The van der Waals surface area contributed by atoms with E-state index in [1.807, 2.05) is 0 Å². The Hall–Kier alpha value is -2.63. The third kappa shape index (κ3) is 5.31. The van der Waals surface area contributed by atoms with Crippen LogP contribution in [0.1, 0.15) is 6.92 Å². The molecule has 15 heteroatoms. The van der Waals surface area contributed by atoms with Gasteiger partial charge in [-0.05, 0) is 35.7 Å². The van der Waals surface area contributed by atoms with Crippen LogP contribution in [-0.4, -0.2) is 29.9 Å². The molecule has 0 heterocycles. The van der Waals surface area contributed by atoms with E-state index in [4.69, 9.17) is 32.9 Å².